The van der Waals surface area contributed by atoms with Gasteiger partial charge in [-0.3, -0.25) is 0 Å². The molecule has 0 atom stereocenters. The molecule has 0 unspecified atom stereocenters. The highest BCUT2D eigenvalue weighted by atomic mass is 35.5. The normalized spacial score (nSPS) is 10.8. The van der Waals surface area contributed by atoms with E-state index < -0.39 is 0 Å². The van der Waals surface area contributed by atoms with Crippen molar-refractivity contribution < 1.29 is 4.42 Å². The molecule has 4 heteroatoms. The van der Waals surface area contributed by atoms with Gasteiger partial charge in [0.05, 0.1) is 6.42 Å². The first-order chi connectivity index (χ1) is 10.2. The highest BCUT2D eigenvalue weighted by Crippen LogP contribution is 2.22. The molecule has 21 heavy (non-hydrogen) atoms. The van der Waals surface area contributed by atoms with Crippen LogP contribution in [0.5, 0.6) is 0 Å². The first-order valence-corrected chi connectivity index (χ1v) is 7.31. The van der Waals surface area contributed by atoms with Gasteiger partial charge in [0.2, 0.25) is 11.8 Å². The SMILES string of the molecule is Cc1nnc(Cc2ccc(-c3cccc(CCl)c3)cc2)o1. The number of nitrogens with zero attached hydrogens (tertiary/aromatic N) is 2. The minimum absolute atomic E-state index is 0.530. The van der Waals surface area contributed by atoms with Crippen molar-refractivity contribution in [3.63, 3.8) is 0 Å². The molecule has 0 fully saturated rings. The van der Waals surface area contributed by atoms with E-state index in [1.54, 1.807) is 6.92 Å². The number of halogens is 1. The Labute approximate surface area is 128 Å². The monoisotopic (exact) mass is 298 g/mol. The van der Waals surface area contributed by atoms with Gasteiger partial charge in [0, 0.05) is 12.8 Å². The molecule has 0 aliphatic rings. The smallest absolute Gasteiger partial charge is 0.220 e. The van der Waals surface area contributed by atoms with Crippen LogP contribution in [0.4, 0.5) is 0 Å². The molecule has 3 rings (SSSR count). The number of hydrogen-bond acceptors (Lipinski definition) is 3. The Bertz CT molecular complexity index is 735. The van der Waals surface area contributed by atoms with Gasteiger partial charge in [-0.1, -0.05) is 42.5 Å². The van der Waals surface area contributed by atoms with Gasteiger partial charge in [-0.05, 0) is 28.3 Å². The van der Waals surface area contributed by atoms with Crippen LogP contribution >= 0.6 is 11.6 Å². The molecule has 1 heterocycles. The maximum Gasteiger partial charge on any atom is 0.220 e. The van der Waals surface area contributed by atoms with Gasteiger partial charge < -0.3 is 4.42 Å². The van der Waals surface area contributed by atoms with Crippen molar-refractivity contribution in [1.29, 1.82) is 0 Å². The maximum atomic E-state index is 5.88. The molecule has 2 aromatic carbocycles. The quantitative estimate of drug-likeness (QED) is 0.671. The lowest BCUT2D eigenvalue weighted by Crippen LogP contribution is -1.89. The summed E-state index contributed by atoms with van der Waals surface area (Å²) in [6.07, 6.45) is 0.656. The van der Waals surface area contributed by atoms with Crippen LogP contribution < -0.4 is 0 Å². The molecule has 0 bridgehead atoms. The Morgan fingerprint density at radius 1 is 0.952 bits per heavy atom. The predicted molar refractivity (Wildman–Crippen MR) is 83.3 cm³/mol. The van der Waals surface area contributed by atoms with Crippen LogP contribution in [0.1, 0.15) is 22.9 Å². The summed E-state index contributed by atoms with van der Waals surface area (Å²) in [5, 5.41) is 7.85. The largest absolute Gasteiger partial charge is 0.425 e. The standard InChI is InChI=1S/C17H15ClN2O/c1-12-19-20-17(21-12)10-13-5-7-15(8-6-13)16-4-2-3-14(9-16)11-18/h2-9H,10-11H2,1H3. The average molecular weight is 299 g/mol. The Morgan fingerprint density at radius 2 is 1.76 bits per heavy atom. The van der Waals surface area contributed by atoms with E-state index >= 15 is 0 Å². The van der Waals surface area contributed by atoms with Crippen molar-refractivity contribution >= 4 is 11.6 Å². The number of aryl methyl sites for hydroxylation is 1. The third-order valence-electron chi connectivity index (χ3n) is 3.29. The maximum absolute atomic E-state index is 5.88. The van der Waals surface area contributed by atoms with Gasteiger partial charge in [0.25, 0.3) is 0 Å². The number of alkyl halides is 1. The van der Waals surface area contributed by atoms with Gasteiger partial charge in [-0.25, -0.2) is 0 Å². The van der Waals surface area contributed by atoms with Gasteiger partial charge in [-0.2, -0.15) is 0 Å². The summed E-state index contributed by atoms with van der Waals surface area (Å²) in [5.74, 6) is 1.77. The summed E-state index contributed by atoms with van der Waals surface area (Å²) in [7, 11) is 0. The molecule has 106 valence electrons. The minimum atomic E-state index is 0.530. The second-order valence-corrected chi connectivity index (χ2v) is 5.19. The fourth-order valence-electron chi connectivity index (χ4n) is 2.23. The summed E-state index contributed by atoms with van der Waals surface area (Å²) in [5.41, 5.74) is 4.62. The molecule has 0 N–H and O–H groups in total. The van der Waals surface area contributed by atoms with Crippen LogP contribution in [0.15, 0.2) is 52.9 Å². The van der Waals surface area contributed by atoms with Gasteiger partial charge >= 0.3 is 0 Å². The van der Waals surface area contributed by atoms with Crippen LogP contribution in [0.2, 0.25) is 0 Å². The number of benzene rings is 2. The lowest BCUT2D eigenvalue weighted by atomic mass is 10.0. The van der Waals surface area contributed by atoms with E-state index in [2.05, 4.69) is 46.6 Å². The molecule has 0 aliphatic carbocycles. The second kappa shape index (κ2) is 6.10. The predicted octanol–water partition coefficient (Wildman–Crippen LogP) is 4.37. The molecule has 0 aliphatic heterocycles. The molecule has 0 radical (unpaired) electrons. The lowest BCUT2D eigenvalue weighted by molar-refractivity contribution is 0.477. The second-order valence-electron chi connectivity index (χ2n) is 4.92. The summed E-state index contributed by atoms with van der Waals surface area (Å²) in [4.78, 5) is 0. The average Bonchev–Trinajstić information content (AvgIpc) is 2.93. The molecule has 0 saturated heterocycles. The molecular weight excluding hydrogens is 284 g/mol. The van der Waals surface area contributed by atoms with E-state index in [0.29, 0.717) is 24.1 Å². The summed E-state index contributed by atoms with van der Waals surface area (Å²) < 4.78 is 5.40. The van der Waals surface area contributed by atoms with Gasteiger partial charge in [-0.15, -0.1) is 21.8 Å². The van der Waals surface area contributed by atoms with Crippen LogP contribution in [0, 0.1) is 6.92 Å². The van der Waals surface area contributed by atoms with Crippen LogP contribution in [-0.4, -0.2) is 10.2 Å². The van der Waals surface area contributed by atoms with E-state index in [4.69, 9.17) is 16.0 Å². The highest BCUT2D eigenvalue weighted by molar-refractivity contribution is 6.17. The first kappa shape index (κ1) is 13.8. The lowest BCUT2D eigenvalue weighted by Gasteiger charge is -2.05. The zero-order chi connectivity index (χ0) is 14.7. The molecule has 3 nitrogen and oxygen atoms in total. The third kappa shape index (κ3) is 3.31. The fourth-order valence-corrected chi connectivity index (χ4v) is 2.40. The van der Waals surface area contributed by atoms with Crippen molar-refractivity contribution in [2.45, 2.75) is 19.2 Å². The zero-order valence-corrected chi connectivity index (χ0v) is 12.5. The Kier molecular flexibility index (Phi) is 4.02. The summed E-state index contributed by atoms with van der Waals surface area (Å²) >= 11 is 5.88. The van der Waals surface area contributed by atoms with Crippen molar-refractivity contribution in [3.8, 4) is 11.1 Å². The van der Waals surface area contributed by atoms with Crippen molar-refractivity contribution in [3.05, 3.63) is 71.4 Å². The van der Waals surface area contributed by atoms with Crippen molar-refractivity contribution in [2.24, 2.45) is 0 Å². The van der Waals surface area contributed by atoms with E-state index in [1.807, 2.05) is 12.1 Å². The van der Waals surface area contributed by atoms with Crippen molar-refractivity contribution in [2.75, 3.05) is 0 Å². The zero-order valence-electron chi connectivity index (χ0n) is 11.7. The highest BCUT2D eigenvalue weighted by Gasteiger charge is 2.05. The topological polar surface area (TPSA) is 38.9 Å². The van der Waals surface area contributed by atoms with Crippen LogP contribution in [-0.2, 0) is 12.3 Å². The van der Waals surface area contributed by atoms with E-state index in [-0.39, 0.29) is 0 Å². The Morgan fingerprint density at radius 3 is 2.43 bits per heavy atom. The molecule has 1 aromatic heterocycles. The molecule has 0 saturated carbocycles. The van der Waals surface area contributed by atoms with E-state index in [0.717, 1.165) is 11.1 Å². The molecule has 3 aromatic rings. The van der Waals surface area contributed by atoms with Gasteiger partial charge in [0.15, 0.2) is 0 Å². The van der Waals surface area contributed by atoms with Crippen LogP contribution in [0.25, 0.3) is 11.1 Å². The molecule has 0 spiro atoms. The fraction of sp³-hybridized carbons (Fsp3) is 0.176. The summed E-state index contributed by atoms with van der Waals surface area (Å²) in [6, 6.07) is 16.6. The Balaban J connectivity index is 1.80. The van der Waals surface area contributed by atoms with E-state index in [1.165, 1.54) is 11.1 Å². The number of rotatable bonds is 4. The third-order valence-corrected chi connectivity index (χ3v) is 3.60. The van der Waals surface area contributed by atoms with Gasteiger partial charge in [0.1, 0.15) is 0 Å². The first-order valence-electron chi connectivity index (χ1n) is 6.78. The van der Waals surface area contributed by atoms with Crippen molar-refractivity contribution in [1.82, 2.24) is 10.2 Å². The molecular formula is C17H15ClN2O. The number of aromatic nitrogens is 2. The Hall–Kier alpha value is -2.13. The summed E-state index contributed by atoms with van der Waals surface area (Å²) in [6.45, 7) is 1.80. The minimum Gasteiger partial charge on any atom is -0.425 e. The number of hydrogen-bond donors (Lipinski definition) is 0. The molecule has 0 amide bonds. The van der Waals surface area contributed by atoms with Crippen LogP contribution in [0.3, 0.4) is 0 Å². The van der Waals surface area contributed by atoms with E-state index in [9.17, 15) is 0 Å².